The normalized spacial score (nSPS) is 20.7. The molecule has 0 aromatic carbocycles. The molecule has 1 rings (SSSR count). The van der Waals surface area contributed by atoms with Crippen LogP contribution in [0.1, 0.15) is 45.4 Å². The van der Waals surface area contributed by atoms with Crippen molar-refractivity contribution in [3.63, 3.8) is 0 Å². The highest BCUT2D eigenvalue weighted by Gasteiger charge is 2.13. The van der Waals surface area contributed by atoms with E-state index in [9.17, 15) is 4.79 Å². The van der Waals surface area contributed by atoms with Crippen molar-refractivity contribution >= 4 is 5.97 Å². The van der Waals surface area contributed by atoms with Gasteiger partial charge >= 0.3 is 5.97 Å². The smallest absolute Gasteiger partial charge is 0.305 e. The predicted molar refractivity (Wildman–Crippen MR) is 60.0 cm³/mol. The van der Waals surface area contributed by atoms with Gasteiger partial charge in [-0.25, -0.2) is 0 Å². The molecule has 0 bridgehead atoms. The maximum atomic E-state index is 11.0. The van der Waals surface area contributed by atoms with Crippen LogP contribution in [0.25, 0.3) is 0 Å². The first-order chi connectivity index (χ1) is 7.83. The van der Waals surface area contributed by atoms with Crippen molar-refractivity contribution in [2.45, 2.75) is 51.7 Å². The fourth-order valence-corrected chi connectivity index (χ4v) is 1.66. The molecule has 1 aliphatic rings. The standard InChI is InChI=1S/C12H22O4/c1-2-14-11(13)7-3-5-9-15-12-8-4-6-10-16-12/h12H,2-10H2,1H3. The van der Waals surface area contributed by atoms with Crippen LogP contribution in [-0.2, 0) is 19.0 Å². The van der Waals surface area contributed by atoms with Gasteiger partial charge in [-0.05, 0) is 39.0 Å². The fourth-order valence-electron chi connectivity index (χ4n) is 1.66. The Morgan fingerprint density at radius 1 is 1.38 bits per heavy atom. The van der Waals surface area contributed by atoms with Crippen molar-refractivity contribution in [1.29, 1.82) is 0 Å². The first-order valence-electron chi connectivity index (χ1n) is 6.21. The SMILES string of the molecule is CCOC(=O)CCCCOC1CCCCO1. The second-order valence-corrected chi connectivity index (χ2v) is 3.93. The Kier molecular flexibility index (Phi) is 7.17. The minimum absolute atomic E-state index is 0.0173. The average molecular weight is 230 g/mol. The summed E-state index contributed by atoms with van der Waals surface area (Å²) in [6.45, 7) is 3.77. The zero-order valence-electron chi connectivity index (χ0n) is 10.1. The molecule has 0 aromatic heterocycles. The lowest BCUT2D eigenvalue weighted by Gasteiger charge is -2.22. The summed E-state index contributed by atoms with van der Waals surface area (Å²) in [7, 11) is 0. The summed E-state index contributed by atoms with van der Waals surface area (Å²) in [4.78, 5) is 11.0. The third kappa shape index (κ3) is 6.08. The van der Waals surface area contributed by atoms with Gasteiger partial charge < -0.3 is 14.2 Å². The Labute approximate surface area is 97.2 Å². The van der Waals surface area contributed by atoms with Crippen molar-refractivity contribution in [2.24, 2.45) is 0 Å². The molecule has 0 spiro atoms. The number of esters is 1. The minimum Gasteiger partial charge on any atom is -0.466 e. The van der Waals surface area contributed by atoms with Crippen molar-refractivity contribution in [2.75, 3.05) is 19.8 Å². The maximum Gasteiger partial charge on any atom is 0.305 e. The third-order valence-electron chi connectivity index (χ3n) is 2.52. The summed E-state index contributed by atoms with van der Waals surface area (Å²) in [5.74, 6) is -0.114. The molecule has 16 heavy (non-hydrogen) atoms. The van der Waals surface area contributed by atoms with Crippen molar-refractivity contribution in [3.05, 3.63) is 0 Å². The molecular formula is C12H22O4. The van der Waals surface area contributed by atoms with Gasteiger partial charge in [-0.1, -0.05) is 0 Å². The fraction of sp³-hybridized carbons (Fsp3) is 0.917. The molecule has 1 saturated heterocycles. The number of carbonyl (C=O) groups excluding carboxylic acids is 1. The Morgan fingerprint density at radius 3 is 2.94 bits per heavy atom. The van der Waals surface area contributed by atoms with E-state index < -0.39 is 0 Å². The Hall–Kier alpha value is -0.610. The molecule has 4 nitrogen and oxygen atoms in total. The van der Waals surface area contributed by atoms with Gasteiger partial charge in [0.15, 0.2) is 6.29 Å². The van der Waals surface area contributed by atoms with E-state index in [-0.39, 0.29) is 12.3 Å². The average Bonchev–Trinajstić information content (AvgIpc) is 2.30. The van der Waals surface area contributed by atoms with Crippen LogP contribution < -0.4 is 0 Å². The molecule has 1 unspecified atom stereocenters. The lowest BCUT2D eigenvalue weighted by Crippen LogP contribution is -2.22. The van der Waals surface area contributed by atoms with Gasteiger partial charge in [-0.3, -0.25) is 4.79 Å². The lowest BCUT2D eigenvalue weighted by molar-refractivity contribution is -0.163. The number of unbranched alkanes of at least 4 members (excludes halogenated alkanes) is 1. The highest BCUT2D eigenvalue weighted by molar-refractivity contribution is 5.69. The number of ether oxygens (including phenoxy) is 3. The molecule has 1 fully saturated rings. The van der Waals surface area contributed by atoms with Crippen molar-refractivity contribution in [1.82, 2.24) is 0 Å². The van der Waals surface area contributed by atoms with Crippen LogP contribution in [0, 0.1) is 0 Å². The van der Waals surface area contributed by atoms with Gasteiger partial charge in [0.1, 0.15) is 0 Å². The molecule has 4 heteroatoms. The summed E-state index contributed by atoms with van der Waals surface area (Å²) in [5, 5.41) is 0. The van der Waals surface area contributed by atoms with E-state index in [1.807, 2.05) is 6.92 Å². The van der Waals surface area contributed by atoms with E-state index in [0.717, 1.165) is 32.3 Å². The zero-order valence-corrected chi connectivity index (χ0v) is 10.1. The van der Waals surface area contributed by atoms with Gasteiger partial charge in [-0.15, -0.1) is 0 Å². The first kappa shape index (κ1) is 13.5. The van der Waals surface area contributed by atoms with E-state index in [0.29, 0.717) is 19.6 Å². The van der Waals surface area contributed by atoms with Gasteiger partial charge in [0.2, 0.25) is 0 Å². The topological polar surface area (TPSA) is 44.8 Å². The van der Waals surface area contributed by atoms with Gasteiger partial charge in [-0.2, -0.15) is 0 Å². The number of hydrogen-bond donors (Lipinski definition) is 0. The number of carbonyl (C=O) groups is 1. The summed E-state index contributed by atoms with van der Waals surface area (Å²) >= 11 is 0. The molecule has 0 amide bonds. The maximum absolute atomic E-state index is 11.0. The highest BCUT2D eigenvalue weighted by atomic mass is 16.7. The van der Waals surface area contributed by atoms with Gasteiger partial charge in [0.25, 0.3) is 0 Å². The van der Waals surface area contributed by atoms with Crippen LogP contribution in [0.5, 0.6) is 0 Å². The largest absolute Gasteiger partial charge is 0.466 e. The molecule has 0 aromatic rings. The molecule has 1 atom stereocenters. The molecule has 0 radical (unpaired) electrons. The van der Waals surface area contributed by atoms with E-state index in [1.165, 1.54) is 6.42 Å². The predicted octanol–water partition coefficient (Wildman–Crippen LogP) is 2.26. The Bertz CT molecular complexity index is 187. The second-order valence-electron chi connectivity index (χ2n) is 3.93. The Balaban J connectivity index is 1.89. The van der Waals surface area contributed by atoms with Crippen LogP contribution in [0.2, 0.25) is 0 Å². The van der Waals surface area contributed by atoms with Gasteiger partial charge in [0.05, 0.1) is 6.61 Å². The van der Waals surface area contributed by atoms with Crippen LogP contribution in [-0.4, -0.2) is 32.1 Å². The highest BCUT2D eigenvalue weighted by Crippen LogP contribution is 2.14. The molecule has 0 saturated carbocycles. The van der Waals surface area contributed by atoms with E-state index in [4.69, 9.17) is 14.2 Å². The van der Waals surface area contributed by atoms with E-state index in [1.54, 1.807) is 0 Å². The summed E-state index contributed by atoms with van der Waals surface area (Å²) < 4.78 is 15.8. The number of rotatable bonds is 7. The minimum atomic E-state index is -0.114. The molecule has 0 aliphatic carbocycles. The lowest BCUT2D eigenvalue weighted by atomic mass is 10.2. The van der Waals surface area contributed by atoms with Crippen LogP contribution >= 0.6 is 0 Å². The quantitative estimate of drug-likeness (QED) is 0.497. The molecular weight excluding hydrogens is 208 g/mol. The molecule has 94 valence electrons. The molecule has 0 N–H and O–H groups in total. The second kappa shape index (κ2) is 8.53. The van der Waals surface area contributed by atoms with Crippen molar-refractivity contribution in [3.8, 4) is 0 Å². The van der Waals surface area contributed by atoms with Crippen molar-refractivity contribution < 1.29 is 19.0 Å². The molecule has 1 heterocycles. The zero-order chi connectivity index (χ0) is 11.6. The summed E-state index contributed by atoms with van der Waals surface area (Å²) in [5.41, 5.74) is 0. The summed E-state index contributed by atoms with van der Waals surface area (Å²) in [6, 6.07) is 0. The first-order valence-corrected chi connectivity index (χ1v) is 6.21. The monoisotopic (exact) mass is 230 g/mol. The van der Waals surface area contributed by atoms with Crippen LogP contribution in [0.4, 0.5) is 0 Å². The van der Waals surface area contributed by atoms with E-state index >= 15 is 0 Å². The molecule has 1 aliphatic heterocycles. The number of hydrogen-bond acceptors (Lipinski definition) is 4. The van der Waals surface area contributed by atoms with Crippen LogP contribution in [0.3, 0.4) is 0 Å². The Morgan fingerprint density at radius 2 is 2.25 bits per heavy atom. The van der Waals surface area contributed by atoms with Gasteiger partial charge in [0, 0.05) is 19.6 Å². The van der Waals surface area contributed by atoms with Crippen LogP contribution in [0.15, 0.2) is 0 Å². The third-order valence-corrected chi connectivity index (χ3v) is 2.52. The van der Waals surface area contributed by atoms with E-state index in [2.05, 4.69) is 0 Å². The summed E-state index contributed by atoms with van der Waals surface area (Å²) in [6.07, 6.45) is 5.51.